The zero-order chi connectivity index (χ0) is 34.2. The number of halogens is 2. The Bertz CT molecular complexity index is 2020. The standard InChI is InChI=1S/C40H39ClN4O4S.ClH/c41-29-8-13-34(39(47)44-24-28-6-2-1-5-27(28)21-32(44)25-42-16-18-49-19-17-42)35(22-29)38-23-36(37-7-3-4-15-43(37)38)40(48)45(31-14-20-50-26-31)30-9-11-33(46)12-10-30;/h1-2,5-6,8-14,20,22-23,26,32,46H,3-4,7,15-19,21,24-25H2;1H/t32-;/m0./s1. The number of hydrogen-bond acceptors (Lipinski definition) is 6. The molecule has 3 aliphatic rings. The van der Waals surface area contributed by atoms with E-state index < -0.39 is 0 Å². The van der Waals surface area contributed by atoms with Crippen LogP contribution in [0.1, 0.15) is 50.4 Å². The molecule has 5 aromatic rings. The normalized spacial score (nSPS) is 17.3. The lowest BCUT2D eigenvalue weighted by Crippen LogP contribution is -2.52. The third-order valence-electron chi connectivity index (χ3n) is 10.2. The SMILES string of the molecule is Cl.O=C(c1cc(-c2cc(Cl)ccc2C(=O)N2Cc3ccccc3C[C@H]2CN2CCOCC2)n2c1CCCC2)N(c1ccc(O)cc1)c1ccsc1. The summed E-state index contributed by atoms with van der Waals surface area (Å²) in [5.74, 6) is -0.0516. The highest BCUT2D eigenvalue weighted by Gasteiger charge is 2.35. The van der Waals surface area contributed by atoms with Gasteiger partial charge in [-0.05, 0) is 96.8 Å². The fourth-order valence-corrected chi connectivity index (χ4v) is 8.51. The van der Waals surface area contributed by atoms with Gasteiger partial charge in [0, 0.05) is 77.4 Å². The Balaban J connectivity index is 0.00000406. The molecule has 5 heterocycles. The van der Waals surface area contributed by atoms with Crippen molar-refractivity contribution in [3.8, 4) is 17.0 Å². The van der Waals surface area contributed by atoms with Crippen LogP contribution in [0.5, 0.6) is 5.75 Å². The van der Waals surface area contributed by atoms with E-state index in [2.05, 4.69) is 27.7 Å². The number of ether oxygens (including phenoxy) is 1. The van der Waals surface area contributed by atoms with E-state index in [9.17, 15) is 14.7 Å². The summed E-state index contributed by atoms with van der Waals surface area (Å²) in [5, 5.41) is 14.4. The van der Waals surface area contributed by atoms with Gasteiger partial charge in [0.05, 0.1) is 24.5 Å². The average Bonchev–Trinajstić information content (AvgIpc) is 3.81. The first-order valence-electron chi connectivity index (χ1n) is 17.3. The minimum Gasteiger partial charge on any atom is -0.508 e. The van der Waals surface area contributed by atoms with Gasteiger partial charge in [0.25, 0.3) is 11.8 Å². The Morgan fingerprint density at radius 2 is 1.69 bits per heavy atom. The number of phenolic OH excluding ortho intramolecular Hbond substituents is 1. The molecular weight excluding hydrogens is 703 g/mol. The number of fused-ring (bicyclic) bond motifs is 2. The highest BCUT2D eigenvalue weighted by molar-refractivity contribution is 7.08. The lowest BCUT2D eigenvalue weighted by Gasteiger charge is -2.40. The number of rotatable bonds is 7. The first-order chi connectivity index (χ1) is 24.4. The van der Waals surface area contributed by atoms with Crippen molar-refractivity contribution < 1.29 is 19.4 Å². The minimum atomic E-state index is -0.154. The van der Waals surface area contributed by atoms with E-state index in [1.807, 2.05) is 46.0 Å². The number of hydrogen-bond donors (Lipinski definition) is 1. The molecule has 3 aliphatic heterocycles. The molecule has 1 saturated heterocycles. The van der Waals surface area contributed by atoms with Crippen molar-refractivity contribution in [2.75, 3.05) is 37.7 Å². The number of benzene rings is 3. The summed E-state index contributed by atoms with van der Waals surface area (Å²) in [5.41, 5.74) is 7.60. The maximum Gasteiger partial charge on any atom is 0.264 e. The monoisotopic (exact) mass is 742 g/mol. The maximum atomic E-state index is 14.9. The molecule has 51 heavy (non-hydrogen) atoms. The second-order valence-corrected chi connectivity index (χ2v) is 14.5. The van der Waals surface area contributed by atoms with Crippen LogP contribution >= 0.6 is 35.3 Å². The predicted molar refractivity (Wildman–Crippen MR) is 205 cm³/mol. The number of thiophene rings is 1. The van der Waals surface area contributed by atoms with Crippen LogP contribution in [-0.2, 0) is 30.7 Å². The topological polar surface area (TPSA) is 78.3 Å². The van der Waals surface area contributed by atoms with E-state index in [4.69, 9.17) is 16.3 Å². The number of aromatic hydroxyl groups is 1. The Morgan fingerprint density at radius 1 is 0.902 bits per heavy atom. The Morgan fingerprint density at radius 3 is 2.45 bits per heavy atom. The number of morpholine rings is 1. The molecule has 8 nitrogen and oxygen atoms in total. The quantitative estimate of drug-likeness (QED) is 0.182. The molecular formula is C40H40Cl2N4O4S. The molecule has 0 saturated carbocycles. The van der Waals surface area contributed by atoms with Crippen LogP contribution in [-0.4, -0.2) is 70.2 Å². The first-order valence-corrected chi connectivity index (χ1v) is 18.6. The summed E-state index contributed by atoms with van der Waals surface area (Å²) in [4.78, 5) is 35.7. The molecule has 1 N–H and O–H groups in total. The fourth-order valence-electron chi connectivity index (χ4n) is 7.71. The minimum absolute atomic E-state index is 0. The molecule has 0 aliphatic carbocycles. The summed E-state index contributed by atoms with van der Waals surface area (Å²) in [6, 6.07) is 24.5. The lowest BCUT2D eigenvalue weighted by atomic mass is 9.92. The maximum absolute atomic E-state index is 14.9. The second-order valence-electron chi connectivity index (χ2n) is 13.3. The number of aromatic nitrogens is 1. The zero-order valence-corrected chi connectivity index (χ0v) is 30.6. The molecule has 1 atom stereocenters. The Kier molecular flexibility index (Phi) is 10.5. The molecule has 2 amide bonds. The summed E-state index contributed by atoms with van der Waals surface area (Å²) in [7, 11) is 0. The smallest absolute Gasteiger partial charge is 0.264 e. The number of amides is 2. The van der Waals surface area contributed by atoms with Crippen LogP contribution in [0.2, 0.25) is 5.02 Å². The van der Waals surface area contributed by atoms with Crippen LogP contribution in [0, 0.1) is 0 Å². The molecule has 1 fully saturated rings. The molecule has 3 aromatic carbocycles. The van der Waals surface area contributed by atoms with Crippen LogP contribution < -0.4 is 4.90 Å². The van der Waals surface area contributed by atoms with Crippen LogP contribution in [0.3, 0.4) is 0 Å². The summed E-state index contributed by atoms with van der Waals surface area (Å²) in [6.45, 7) is 5.17. The van der Waals surface area contributed by atoms with Crippen molar-refractivity contribution >= 4 is 58.5 Å². The van der Waals surface area contributed by atoms with E-state index in [0.717, 1.165) is 74.5 Å². The van der Waals surface area contributed by atoms with Crippen LogP contribution in [0.15, 0.2) is 89.6 Å². The van der Waals surface area contributed by atoms with Gasteiger partial charge in [0.2, 0.25) is 0 Å². The highest BCUT2D eigenvalue weighted by Crippen LogP contribution is 2.38. The zero-order valence-electron chi connectivity index (χ0n) is 28.2. The third-order valence-corrected chi connectivity index (χ3v) is 11.1. The molecule has 0 radical (unpaired) electrons. The fraction of sp³-hybridized carbons (Fsp3) is 0.300. The Hall–Kier alpha value is -4.12. The summed E-state index contributed by atoms with van der Waals surface area (Å²) >= 11 is 8.22. The number of carbonyl (C=O) groups is 2. The predicted octanol–water partition coefficient (Wildman–Crippen LogP) is 8.21. The van der Waals surface area contributed by atoms with Gasteiger partial charge in [0.1, 0.15) is 5.75 Å². The largest absolute Gasteiger partial charge is 0.508 e. The molecule has 264 valence electrons. The van der Waals surface area contributed by atoms with Gasteiger partial charge in [-0.25, -0.2) is 0 Å². The van der Waals surface area contributed by atoms with Crippen molar-refractivity contribution in [3.05, 3.63) is 123 Å². The van der Waals surface area contributed by atoms with E-state index in [1.54, 1.807) is 35.2 Å². The summed E-state index contributed by atoms with van der Waals surface area (Å²) in [6.07, 6.45) is 3.49. The number of phenols is 1. The summed E-state index contributed by atoms with van der Waals surface area (Å²) < 4.78 is 7.84. The average molecular weight is 744 g/mol. The van der Waals surface area contributed by atoms with Crippen LogP contribution in [0.25, 0.3) is 11.3 Å². The first kappa shape index (κ1) is 35.3. The second kappa shape index (κ2) is 15.2. The van der Waals surface area contributed by atoms with Crippen molar-refractivity contribution in [3.63, 3.8) is 0 Å². The van der Waals surface area contributed by atoms with Crippen molar-refractivity contribution in [2.45, 2.75) is 44.8 Å². The molecule has 0 unspecified atom stereocenters. The molecule has 8 rings (SSSR count). The van der Waals surface area contributed by atoms with Gasteiger partial charge < -0.3 is 19.3 Å². The van der Waals surface area contributed by atoms with E-state index in [0.29, 0.717) is 41.6 Å². The van der Waals surface area contributed by atoms with E-state index >= 15 is 0 Å². The molecule has 11 heteroatoms. The van der Waals surface area contributed by atoms with Gasteiger partial charge >= 0.3 is 0 Å². The van der Waals surface area contributed by atoms with Gasteiger partial charge in [-0.3, -0.25) is 19.4 Å². The van der Waals surface area contributed by atoms with Gasteiger partial charge in [-0.2, -0.15) is 11.3 Å². The number of nitrogens with zero attached hydrogens (tertiary/aromatic N) is 4. The van der Waals surface area contributed by atoms with Crippen molar-refractivity contribution in [2.24, 2.45) is 0 Å². The third kappa shape index (κ3) is 7.06. The van der Waals surface area contributed by atoms with Gasteiger partial charge in [-0.15, -0.1) is 12.4 Å². The molecule has 2 aromatic heterocycles. The van der Waals surface area contributed by atoms with Crippen molar-refractivity contribution in [1.82, 2.24) is 14.4 Å². The molecule has 0 bridgehead atoms. The van der Waals surface area contributed by atoms with E-state index in [1.165, 1.54) is 22.5 Å². The lowest BCUT2D eigenvalue weighted by molar-refractivity contribution is 0.0193. The Labute approximate surface area is 313 Å². The number of anilines is 2. The van der Waals surface area contributed by atoms with Crippen LogP contribution in [0.4, 0.5) is 11.4 Å². The van der Waals surface area contributed by atoms with Gasteiger partial charge in [0.15, 0.2) is 0 Å². The van der Waals surface area contributed by atoms with Crippen molar-refractivity contribution in [1.29, 1.82) is 0 Å². The highest BCUT2D eigenvalue weighted by atomic mass is 35.5. The molecule has 0 spiro atoms. The van der Waals surface area contributed by atoms with Gasteiger partial charge in [-0.1, -0.05) is 35.9 Å². The number of carbonyl (C=O) groups excluding carboxylic acids is 2. The van der Waals surface area contributed by atoms with E-state index in [-0.39, 0.29) is 36.0 Å².